The predicted molar refractivity (Wildman–Crippen MR) is 162 cm³/mol. The molecule has 0 saturated carbocycles. The van der Waals surface area contributed by atoms with Crippen molar-refractivity contribution in [1.82, 2.24) is 14.5 Å². The van der Waals surface area contributed by atoms with Crippen LogP contribution in [0.15, 0.2) is 77.7 Å². The predicted octanol–water partition coefficient (Wildman–Crippen LogP) is 4.52. The largest absolute Gasteiger partial charge is 0.482 e. The number of rotatable bonds is 10. The average Bonchev–Trinajstić information content (AvgIpc) is 3.02. The van der Waals surface area contributed by atoms with Gasteiger partial charge in [-0.1, -0.05) is 44.2 Å². The van der Waals surface area contributed by atoms with Crippen molar-refractivity contribution in [2.75, 3.05) is 31.6 Å². The third-order valence-electron chi connectivity index (χ3n) is 7.27. The molecule has 1 unspecified atom stereocenters. The number of hydrogen-bond donors (Lipinski definition) is 3. The maximum atomic E-state index is 13.6. The van der Waals surface area contributed by atoms with E-state index in [0.29, 0.717) is 18.1 Å². The number of anilines is 1. The van der Waals surface area contributed by atoms with Crippen LogP contribution in [-0.2, 0) is 32.3 Å². The van der Waals surface area contributed by atoms with E-state index < -0.39 is 57.2 Å². The molecule has 0 spiro atoms. The molecule has 246 valence electrons. The number of halogens is 3. The number of urea groups is 1. The lowest BCUT2D eigenvalue weighted by atomic mass is 10.0. The second-order valence-corrected chi connectivity index (χ2v) is 12.7. The van der Waals surface area contributed by atoms with E-state index in [1.54, 1.807) is 0 Å². The lowest BCUT2D eigenvalue weighted by Crippen LogP contribution is -2.61. The minimum atomic E-state index is -4.67. The van der Waals surface area contributed by atoms with E-state index in [2.05, 4.69) is 10.6 Å². The molecule has 3 aromatic rings. The molecule has 3 aromatic carbocycles. The van der Waals surface area contributed by atoms with Crippen molar-refractivity contribution in [3.8, 4) is 5.75 Å². The van der Waals surface area contributed by atoms with Gasteiger partial charge in [-0.3, -0.25) is 4.79 Å². The van der Waals surface area contributed by atoms with Gasteiger partial charge in [0.25, 0.3) is 0 Å². The van der Waals surface area contributed by atoms with Gasteiger partial charge >= 0.3 is 18.2 Å². The summed E-state index contributed by atoms with van der Waals surface area (Å²) in [5, 5.41) is 14.2. The zero-order valence-corrected chi connectivity index (χ0v) is 25.8. The fourth-order valence-corrected chi connectivity index (χ4v) is 6.31. The van der Waals surface area contributed by atoms with Crippen LogP contribution < -0.4 is 15.4 Å². The van der Waals surface area contributed by atoms with Crippen LogP contribution in [0.3, 0.4) is 0 Å². The van der Waals surface area contributed by atoms with Crippen molar-refractivity contribution in [2.24, 2.45) is 0 Å². The summed E-state index contributed by atoms with van der Waals surface area (Å²) in [6, 6.07) is 14.4. The molecule has 0 radical (unpaired) electrons. The van der Waals surface area contributed by atoms with Crippen LogP contribution in [-0.4, -0.2) is 72.9 Å². The number of ether oxygens (including phenoxy) is 1. The zero-order valence-electron chi connectivity index (χ0n) is 25.0. The first kappa shape index (κ1) is 34.2. The highest BCUT2D eigenvalue weighted by molar-refractivity contribution is 7.89. The normalized spacial score (nSPS) is 15.8. The minimum Gasteiger partial charge on any atom is -0.482 e. The molecule has 15 heteroatoms. The van der Waals surface area contributed by atoms with Crippen molar-refractivity contribution < 1.29 is 45.8 Å². The summed E-state index contributed by atoms with van der Waals surface area (Å²) in [5.74, 6) is -1.40. The number of nitrogens with one attached hydrogen (secondary N) is 2. The van der Waals surface area contributed by atoms with Gasteiger partial charge in [-0.2, -0.15) is 17.5 Å². The number of piperazine rings is 1. The standard InChI is InChI=1S/C31H33F3N4O7S/c1-20(2)22-8-6-21(7-9-22)17-35-29(41)27-18-37(30(42)36-24-4-3-5-25(16-24)45-19-28(39)40)14-15-38(27)46(43,44)26-12-10-23(11-13-26)31(32,33)34/h3-13,16,20,27H,14-15,17-19H2,1-2H3,(H,35,41)(H,36,42)(H,39,40). The molecular weight excluding hydrogens is 629 g/mol. The van der Waals surface area contributed by atoms with Crippen LogP contribution in [0, 0.1) is 0 Å². The Labute approximate surface area is 264 Å². The number of carboxylic acids is 1. The summed E-state index contributed by atoms with van der Waals surface area (Å²) in [6.07, 6.45) is -4.67. The SMILES string of the molecule is CC(C)c1ccc(CNC(=O)C2CN(C(=O)Nc3cccc(OCC(=O)O)c3)CCN2S(=O)(=O)c2ccc(C(F)(F)F)cc2)cc1. The van der Waals surface area contributed by atoms with Crippen molar-refractivity contribution in [3.05, 3.63) is 89.5 Å². The Hall–Kier alpha value is -4.63. The molecular formula is C31H33F3N4O7S. The summed E-state index contributed by atoms with van der Waals surface area (Å²) >= 11 is 0. The van der Waals surface area contributed by atoms with Crippen LogP contribution in [0.4, 0.5) is 23.7 Å². The van der Waals surface area contributed by atoms with Crippen LogP contribution in [0.5, 0.6) is 5.75 Å². The maximum Gasteiger partial charge on any atom is 0.416 e. The quantitative estimate of drug-likeness (QED) is 0.290. The summed E-state index contributed by atoms with van der Waals surface area (Å²) in [4.78, 5) is 38.4. The molecule has 46 heavy (non-hydrogen) atoms. The Morgan fingerprint density at radius 2 is 1.67 bits per heavy atom. The van der Waals surface area contributed by atoms with E-state index in [-0.39, 0.29) is 37.6 Å². The second-order valence-electron chi connectivity index (χ2n) is 10.9. The van der Waals surface area contributed by atoms with Gasteiger partial charge in [0.2, 0.25) is 15.9 Å². The highest BCUT2D eigenvalue weighted by Crippen LogP contribution is 2.31. The molecule has 1 aliphatic heterocycles. The van der Waals surface area contributed by atoms with E-state index in [4.69, 9.17) is 9.84 Å². The molecule has 3 amide bonds. The van der Waals surface area contributed by atoms with Crippen molar-refractivity contribution in [1.29, 1.82) is 0 Å². The van der Waals surface area contributed by atoms with E-state index in [0.717, 1.165) is 27.6 Å². The van der Waals surface area contributed by atoms with Crippen molar-refractivity contribution in [2.45, 2.75) is 43.4 Å². The molecule has 0 aromatic heterocycles. The van der Waals surface area contributed by atoms with E-state index in [1.165, 1.54) is 29.2 Å². The summed E-state index contributed by atoms with van der Waals surface area (Å²) in [6.45, 7) is 2.73. The first-order chi connectivity index (χ1) is 21.6. The van der Waals surface area contributed by atoms with E-state index in [1.807, 2.05) is 38.1 Å². The lowest BCUT2D eigenvalue weighted by Gasteiger charge is -2.39. The van der Waals surface area contributed by atoms with E-state index >= 15 is 0 Å². The van der Waals surface area contributed by atoms with Gasteiger partial charge in [-0.25, -0.2) is 18.0 Å². The molecule has 11 nitrogen and oxygen atoms in total. The molecule has 3 N–H and O–H groups in total. The summed E-state index contributed by atoms with van der Waals surface area (Å²) in [7, 11) is -4.46. The van der Waals surface area contributed by atoms with Crippen LogP contribution in [0.25, 0.3) is 0 Å². The Bertz CT molecular complexity index is 1660. The lowest BCUT2D eigenvalue weighted by molar-refractivity contribution is -0.139. The number of carbonyl (C=O) groups is 3. The number of hydrogen-bond acceptors (Lipinski definition) is 6. The number of nitrogens with zero attached hydrogens (tertiary/aromatic N) is 2. The highest BCUT2D eigenvalue weighted by Gasteiger charge is 2.42. The number of carboxylic acid groups (broad SMARTS) is 1. The summed E-state index contributed by atoms with van der Waals surface area (Å²) < 4.78 is 72.6. The van der Waals surface area contributed by atoms with Crippen LogP contribution in [0.2, 0.25) is 0 Å². The van der Waals surface area contributed by atoms with Gasteiger partial charge in [0.15, 0.2) is 6.61 Å². The Kier molecular flexibility index (Phi) is 10.6. The monoisotopic (exact) mass is 662 g/mol. The third-order valence-corrected chi connectivity index (χ3v) is 9.19. The van der Waals surface area contributed by atoms with Gasteiger partial charge in [-0.05, 0) is 53.4 Å². The van der Waals surface area contributed by atoms with Gasteiger partial charge in [0.1, 0.15) is 11.8 Å². The fraction of sp³-hybridized carbons (Fsp3) is 0.323. The fourth-order valence-electron chi connectivity index (χ4n) is 4.74. The number of aliphatic carboxylic acids is 1. The molecule has 1 aliphatic rings. The van der Waals surface area contributed by atoms with Crippen LogP contribution >= 0.6 is 0 Å². The molecule has 4 rings (SSSR count). The molecule has 1 saturated heterocycles. The third kappa shape index (κ3) is 8.54. The molecule has 0 bridgehead atoms. The number of sulfonamides is 1. The van der Waals surface area contributed by atoms with Gasteiger partial charge in [0.05, 0.1) is 10.5 Å². The molecule has 0 aliphatic carbocycles. The first-order valence-electron chi connectivity index (χ1n) is 14.2. The number of amides is 3. The smallest absolute Gasteiger partial charge is 0.416 e. The summed E-state index contributed by atoms with van der Waals surface area (Å²) in [5.41, 5.74) is 1.09. The maximum absolute atomic E-state index is 13.6. The van der Waals surface area contributed by atoms with Gasteiger partial charge in [-0.15, -0.1) is 0 Å². The number of benzene rings is 3. The highest BCUT2D eigenvalue weighted by atomic mass is 32.2. The van der Waals surface area contributed by atoms with Crippen LogP contribution in [0.1, 0.15) is 36.5 Å². The molecule has 1 fully saturated rings. The average molecular weight is 663 g/mol. The zero-order chi connectivity index (χ0) is 33.6. The Morgan fingerprint density at radius 3 is 2.28 bits per heavy atom. The van der Waals surface area contributed by atoms with Crippen molar-refractivity contribution in [3.63, 3.8) is 0 Å². The topological polar surface area (TPSA) is 145 Å². The Morgan fingerprint density at radius 1 is 1.00 bits per heavy atom. The number of carbonyl (C=O) groups excluding carboxylic acids is 2. The van der Waals surface area contributed by atoms with Gasteiger partial charge < -0.3 is 25.4 Å². The molecule has 1 heterocycles. The Balaban J connectivity index is 1.55. The van der Waals surface area contributed by atoms with Gasteiger partial charge in [0, 0.05) is 37.9 Å². The first-order valence-corrected chi connectivity index (χ1v) is 15.7. The second kappa shape index (κ2) is 14.2. The molecule has 1 atom stereocenters. The van der Waals surface area contributed by atoms with Crippen molar-refractivity contribution >= 4 is 33.6 Å². The number of alkyl halides is 3. The minimum absolute atomic E-state index is 0.0667. The van der Waals surface area contributed by atoms with E-state index in [9.17, 15) is 36.0 Å².